The van der Waals surface area contributed by atoms with Crippen molar-refractivity contribution < 1.29 is 13.9 Å². The highest BCUT2D eigenvalue weighted by molar-refractivity contribution is 5.91. The van der Waals surface area contributed by atoms with Crippen molar-refractivity contribution >= 4 is 11.6 Å². The molecule has 2 aromatic rings. The molecular formula is C16H17FN2O2. The molecule has 0 atom stereocenters. The Labute approximate surface area is 122 Å². The fourth-order valence-corrected chi connectivity index (χ4v) is 1.88. The van der Waals surface area contributed by atoms with E-state index in [0.717, 1.165) is 5.56 Å². The highest BCUT2D eigenvalue weighted by Crippen LogP contribution is 2.16. The lowest BCUT2D eigenvalue weighted by molar-refractivity contribution is -0.118. The minimum absolute atomic E-state index is 0.169. The number of para-hydroxylation sites is 1. The van der Waals surface area contributed by atoms with Gasteiger partial charge in [0.15, 0.2) is 6.61 Å². The number of ether oxygens (including phenoxy) is 1. The van der Waals surface area contributed by atoms with Gasteiger partial charge in [0.25, 0.3) is 5.91 Å². The maximum Gasteiger partial charge on any atom is 0.262 e. The zero-order valence-electron chi connectivity index (χ0n) is 11.7. The molecular weight excluding hydrogens is 271 g/mol. The van der Waals surface area contributed by atoms with E-state index in [0.29, 0.717) is 18.0 Å². The van der Waals surface area contributed by atoms with Gasteiger partial charge in [0.2, 0.25) is 0 Å². The fourth-order valence-electron chi connectivity index (χ4n) is 1.88. The standard InChI is InChI=1S/C16H17FN2O2/c1-18-10-12-7-13(17)9-15(8-12)21-11-16(20)19-14-5-3-2-4-6-14/h2-9,18H,10-11H2,1H3,(H,19,20). The second-order valence-corrected chi connectivity index (χ2v) is 4.53. The number of nitrogens with one attached hydrogen (secondary N) is 2. The van der Waals surface area contributed by atoms with E-state index in [4.69, 9.17) is 4.74 Å². The lowest BCUT2D eigenvalue weighted by atomic mass is 10.2. The van der Waals surface area contributed by atoms with E-state index in [1.165, 1.54) is 12.1 Å². The van der Waals surface area contributed by atoms with Crippen LogP contribution in [0.1, 0.15) is 5.56 Å². The SMILES string of the molecule is CNCc1cc(F)cc(OCC(=O)Nc2ccccc2)c1. The molecule has 0 aromatic heterocycles. The van der Waals surface area contributed by atoms with Gasteiger partial charge >= 0.3 is 0 Å². The van der Waals surface area contributed by atoms with Crippen molar-refractivity contribution in [2.45, 2.75) is 6.54 Å². The summed E-state index contributed by atoms with van der Waals surface area (Å²) in [6.45, 7) is 0.363. The van der Waals surface area contributed by atoms with Crippen LogP contribution in [0.3, 0.4) is 0 Å². The van der Waals surface area contributed by atoms with E-state index >= 15 is 0 Å². The van der Waals surface area contributed by atoms with E-state index in [9.17, 15) is 9.18 Å². The van der Waals surface area contributed by atoms with Gasteiger partial charge in [-0.2, -0.15) is 0 Å². The summed E-state index contributed by atoms with van der Waals surface area (Å²) >= 11 is 0. The number of amides is 1. The predicted octanol–water partition coefficient (Wildman–Crippen LogP) is 2.56. The molecule has 0 saturated carbocycles. The topological polar surface area (TPSA) is 50.4 Å². The quantitative estimate of drug-likeness (QED) is 0.859. The number of hydrogen-bond acceptors (Lipinski definition) is 3. The number of carbonyl (C=O) groups is 1. The number of halogens is 1. The molecule has 0 bridgehead atoms. The Morgan fingerprint density at radius 1 is 1.19 bits per heavy atom. The van der Waals surface area contributed by atoms with Gasteiger partial charge in [-0.3, -0.25) is 4.79 Å². The van der Waals surface area contributed by atoms with E-state index < -0.39 is 0 Å². The van der Waals surface area contributed by atoms with Crippen molar-refractivity contribution in [3.05, 3.63) is 59.9 Å². The van der Waals surface area contributed by atoms with Crippen molar-refractivity contribution in [2.24, 2.45) is 0 Å². The van der Waals surface area contributed by atoms with Gasteiger partial charge in [0.05, 0.1) is 0 Å². The molecule has 0 radical (unpaired) electrons. The summed E-state index contributed by atoms with van der Waals surface area (Å²) in [7, 11) is 1.78. The minimum atomic E-state index is -0.388. The van der Waals surface area contributed by atoms with Crippen molar-refractivity contribution in [1.82, 2.24) is 5.32 Å². The first kappa shape index (κ1) is 15.0. The van der Waals surface area contributed by atoms with Gasteiger partial charge < -0.3 is 15.4 Å². The van der Waals surface area contributed by atoms with Crippen LogP contribution in [0, 0.1) is 5.82 Å². The molecule has 0 aliphatic heterocycles. The van der Waals surface area contributed by atoms with Crippen LogP contribution in [0.25, 0.3) is 0 Å². The van der Waals surface area contributed by atoms with Crippen LogP contribution >= 0.6 is 0 Å². The first-order valence-electron chi connectivity index (χ1n) is 6.59. The van der Waals surface area contributed by atoms with Gasteiger partial charge in [-0.25, -0.2) is 4.39 Å². The zero-order valence-corrected chi connectivity index (χ0v) is 11.7. The average Bonchev–Trinajstić information content (AvgIpc) is 2.46. The molecule has 2 aromatic carbocycles. The number of hydrogen-bond donors (Lipinski definition) is 2. The molecule has 2 N–H and O–H groups in total. The highest BCUT2D eigenvalue weighted by atomic mass is 19.1. The minimum Gasteiger partial charge on any atom is -0.484 e. The Kier molecular flexibility index (Phi) is 5.29. The van der Waals surface area contributed by atoms with Crippen LogP contribution < -0.4 is 15.4 Å². The van der Waals surface area contributed by atoms with E-state index in [1.807, 2.05) is 18.2 Å². The predicted molar refractivity (Wildman–Crippen MR) is 79.7 cm³/mol. The second-order valence-electron chi connectivity index (χ2n) is 4.53. The molecule has 110 valence electrons. The van der Waals surface area contributed by atoms with Crippen LogP contribution in [0.4, 0.5) is 10.1 Å². The lowest BCUT2D eigenvalue weighted by Gasteiger charge is -2.09. The van der Waals surface area contributed by atoms with Gasteiger partial charge in [-0.15, -0.1) is 0 Å². The van der Waals surface area contributed by atoms with Gasteiger partial charge in [0, 0.05) is 18.3 Å². The van der Waals surface area contributed by atoms with Crippen molar-refractivity contribution in [2.75, 3.05) is 19.0 Å². The molecule has 4 nitrogen and oxygen atoms in total. The third kappa shape index (κ3) is 4.89. The van der Waals surface area contributed by atoms with E-state index in [-0.39, 0.29) is 18.3 Å². The van der Waals surface area contributed by atoms with Crippen LogP contribution in [0.2, 0.25) is 0 Å². The Balaban J connectivity index is 1.92. The molecule has 5 heteroatoms. The molecule has 1 amide bonds. The summed E-state index contributed by atoms with van der Waals surface area (Å²) in [4.78, 5) is 11.7. The molecule has 0 fully saturated rings. The molecule has 0 unspecified atom stereocenters. The van der Waals surface area contributed by atoms with Crippen molar-refractivity contribution in [1.29, 1.82) is 0 Å². The number of rotatable bonds is 6. The van der Waals surface area contributed by atoms with Crippen LogP contribution in [-0.4, -0.2) is 19.6 Å². The van der Waals surface area contributed by atoms with Crippen LogP contribution in [-0.2, 0) is 11.3 Å². The Bertz CT molecular complexity index is 602. The van der Waals surface area contributed by atoms with E-state index in [2.05, 4.69) is 10.6 Å². The Morgan fingerprint density at radius 3 is 2.67 bits per heavy atom. The summed E-state index contributed by atoms with van der Waals surface area (Å²) in [6.07, 6.45) is 0. The van der Waals surface area contributed by atoms with Crippen molar-refractivity contribution in [3.63, 3.8) is 0 Å². The molecule has 0 saturated heterocycles. The first-order valence-corrected chi connectivity index (χ1v) is 6.59. The third-order valence-corrected chi connectivity index (χ3v) is 2.74. The van der Waals surface area contributed by atoms with Gasteiger partial charge in [-0.05, 0) is 36.9 Å². The summed E-state index contributed by atoms with van der Waals surface area (Å²) in [5, 5.41) is 5.63. The molecule has 0 aliphatic carbocycles. The van der Waals surface area contributed by atoms with E-state index in [1.54, 1.807) is 25.2 Å². The smallest absolute Gasteiger partial charge is 0.262 e. The summed E-state index contributed by atoms with van der Waals surface area (Å²) in [5.74, 6) is -0.342. The summed E-state index contributed by atoms with van der Waals surface area (Å²) in [6, 6.07) is 13.5. The molecule has 2 rings (SSSR count). The van der Waals surface area contributed by atoms with Crippen LogP contribution in [0.5, 0.6) is 5.75 Å². The molecule has 21 heavy (non-hydrogen) atoms. The normalized spacial score (nSPS) is 10.2. The van der Waals surface area contributed by atoms with Crippen molar-refractivity contribution in [3.8, 4) is 5.75 Å². The molecule has 0 spiro atoms. The fraction of sp³-hybridized carbons (Fsp3) is 0.188. The number of benzene rings is 2. The summed E-state index contributed by atoms with van der Waals surface area (Å²) < 4.78 is 18.7. The zero-order chi connectivity index (χ0) is 15.1. The maximum absolute atomic E-state index is 13.4. The summed E-state index contributed by atoms with van der Waals surface area (Å²) in [5.41, 5.74) is 1.46. The Hall–Kier alpha value is -2.40. The number of carbonyl (C=O) groups excluding carboxylic acids is 1. The second kappa shape index (κ2) is 7.40. The monoisotopic (exact) mass is 288 g/mol. The lowest BCUT2D eigenvalue weighted by Crippen LogP contribution is -2.20. The maximum atomic E-state index is 13.4. The third-order valence-electron chi connectivity index (χ3n) is 2.74. The largest absolute Gasteiger partial charge is 0.484 e. The first-order chi connectivity index (χ1) is 10.2. The highest BCUT2D eigenvalue weighted by Gasteiger charge is 2.06. The van der Waals surface area contributed by atoms with Crippen LogP contribution in [0.15, 0.2) is 48.5 Å². The van der Waals surface area contributed by atoms with Gasteiger partial charge in [-0.1, -0.05) is 18.2 Å². The number of anilines is 1. The molecule has 0 heterocycles. The Morgan fingerprint density at radius 2 is 1.95 bits per heavy atom. The van der Waals surface area contributed by atoms with Gasteiger partial charge in [0.1, 0.15) is 11.6 Å². The molecule has 0 aliphatic rings. The average molecular weight is 288 g/mol.